The SMILES string of the molecule is C.C.CCC(C)(C)C(=O)OC(C)OC1CC2CC1C1C3CCC(C3)C21.CCC(C)(C)C(=O)OC1(C)CCCCCCCCC1.CCC(C)(C)C(=O)OC1(C)CCCCCCCCCCC1.CCC1(OC(=O)C(C)(C)CC)CCCCCCC1. The Hall–Kier alpha value is -2.16. The van der Waals surface area contributed by atoms with Crippen molar-refractivity contribution in [1.82, 2.24) is 0 Å². The summed E-state index contributed by atoms with van der Waals surface area (Å²) in [5, 5.41) is 0. The van der Waals surface area contributed by atoms with Gasteiger partial charge in [-0.05, 0) is 253 Å². The summed E-state index contributed by atoms with van der Waals surface area (Å²) in [5.41, 5.74) is -2.12. The number of rotatable bonds is 15. The van der Waals surface area contributed by atoms with Gasteiger partial charge in [0.15, 0.2) is 6.29 Å². The zero-order chi connectivity index (χ0) is 60.1. The van der Waals surface area contributed by atoms with Crippen LogP contribution in [-0.2, 0) is 42.9 Å². The van der Waals surface area contributed by atoms with E-state index >= 15 is 0 Å². The molecule has 9 heteroatoms. The Morgan fingerprint density at radius 2 is 0.723 bits per heavy atom. The zero-order valence-electron chi connectivity index (χ0n) is 56.0. The van der Waals surface area contributed by atoms with Crippen molar-refractivity contribution in [2.45, 2.75) is 392 Å². The van der Waals surface area contributed by atoms with Crippen molar-refractivity contribution in [2.24, 2.45) is 57.2 Å². The summed E-state index contributed by atoms with van der Waals surface area (Å²) < 4.78 is 29.7. The first-order chi connectivity index (χ1) is 38.2. The fraction of sp³-hybridized carbons (Fsp3) is 0.946. The van der Waals surface area contributed by atoms with Crippen LogP contribution in [0.25, 0.3) is 0 Å². The van der Waals surface area contributed by atoms with Crippen LogP contribution >= 0.6 is 0 Å². The number of carbonyl (C=O) groups is 4. The lowest BCUT2D eigenvalue weighted by Gasteiger charge is -2.39. The van der Waals surface area contributed by atoms with Crippen molar-refractivity contribution in [3.05, 3.63) is 0 Å². The maximum absolute atomic E-state index is 12.4. The molecular weight excluding hydrogens is 1030 g/mol. The smallest absolute Gasteiger partial charge is 0.313 e. The summed E-state index contributed by atoms with van der Waals surface area (Å²) in [5.74, 6) is 5.39. The van der Waals surface area contributed by atoms with Crippen LogP contribution in [0.2, 0.25) is 0 Å². The van der Waals surface area contributed by atoms with E-state index in [1.165, 1.54) is 167 Å². The first-order valence-corrected chi connectivity index (χ1v) is 34.7. The molecule has 4 bridgehead atoms. The summed E-state index contributed by atoms with van der Waals surface area (Å²) >= 11 is 0. The van der Waals surface area contributed by atoms with Gasteiger partial charge in [-0.25, -0.2) is 0 Å². The molecule has 0 aromatic carbocycles. The average molecular weight is 1170 g/mol. The van der Waals surface area contributed by atoms with Gasteiger partial charge in [0.1, 0.15) is 16.8 Å². The lowest BCUT2D eigenvalue weighted by molar-refractivity contribution is -0.201. The highest BCUT2D eigenvalue weighted by molar-refractivity contribution is 5.77. The molecule has 0 spiro atoms. The lowest BCUT2D eigenvalue weighted by atomic mass is 9.70. The van der Waals surface area contributed by atoms with E-state index in [0.29, 0.717) is 6.10 Å². The zero-order valence-corrected chi connectivity index (χ0v) is 56.0. The van der Waals surface area contributed by atoms with Crippen LogP contribution in [-0.4, -0.2) is 53.1 Å². The summed E-state index contributed by atoms with van der Waals surface area (Å²) in [7, 11) is 0. The molecule has 0 radical (unpaired) electrons. The Kier molecular flexibility index (Phi) is 33.1. The molecular formula is C74H138O9. The molecule has 7 saturated carbocycles. The van der Waals surface area contributed by atoms with Gasteiger partial charge >= 0.3 is 23.9 Å². The highest BCUT2D eigenvalue weighted by Gasteiger charge is 2.63. The standard InChI is InChI=1S/C20H32O3.C19H36O2.C17H32O2.C16H30O2.2CH4/c1-5-20(3,4)19(21)23-11(2)22-16-10-14-9-15(16)18-13-7-6-12(8-13)17(14)18;1-5-18(2,3)17(20)21-19(4)15-13-11-9-7-6-8-10-12-14-16-19;1-5-16(2,3)15(18)19-17(4)13-11-9-7-6-8-10-12-14-17;1-5-15(3,4)14(17)18-16(6-2)12-10-8-7-9-11-13-16;;/h11-18H,5-10H2,1-4H3;5-16H2,1-4H3;5-14H2,1-4H3;5-13H2,1-4H3;2*1H4. The molecule has 0 heterocycles. The Morgan fingerprint density at radius 1 is 0.410 bits per heavy atom. The van der Waals surface area contributed by atoms with E-state index in [1.54, 1.807) is 0 Å². The van der Waals surface area contributed by atoms with Crippen molar-refractivity contribution in [2.75, 3.05) is 0 Å². The molecule has 0 aliphatic heterocycles. The fourth-order valence-corrected chi connectivity index (χ4v) is 14.5. The maximum Gasteiger partial charge on any atom is 0.313 e. The van der Waals surface area contributed by atoms with Gasteiger partial charge in [0.05, 0.1) is 27.8 Å². The van der Waals surface area contributed by atoms with Crippen molar-refractivity contribution in [1.29, 1.82) is 0 Å². The predicted molar refractivity (Wildman–Crippen MR) is 347 cm³/mol. The summed E-state index contributed by atoms with van der Waals surface area (Å²) in [6.07, 6.45) is 44.5. The van der Waals surface area contributed by atoms with Crippen molar-refractivity contribution >= 4 is 23.9 Å². The Balaban J connectivity index is 0.000000377. The molecule has 9 nitrogen and oxygen atoms in total. The Morgan fingerprint density at radius 3 is 1.07 bits per heavy atom. The number of hydrogen-bond donors (Lipinski definition) is 0. The molecule has 0 aromatic rings. The minimum Gasteiger partial charge on any atom is -0.459 e. The molecule has 8 unspecified atom stereocenters. The topological polar surface area (TPSA) is 114 Å². The predicted octanol–water partition coefficient (Wildman–Crippen LogP) is 21.8. The van der Waals surface area contributed by atoms with Gasteiger partial charge in [0.25, 0.3) is 0 Å². The van der Waals surface area contributed by atoms with Crippen LogP contribution < -0.4 is 0 Å². The molecule has 0 amide bonds. The molecule has 8 atom stereocenters. The van der Waals surface area contributed by atoms with E-state index in [2.05, 4.69) is 41.5 Å². The monoisotopic (exact) mass is 1170 g/mol. The van der Waals surface area contributed by atoms with Crippen LogP contribution in [0.5, 0.6) is 0 Å². The first kappa shape index (κ1) is 76.9. The van der Waals surface area contributed by atoms with E-state index in [-0.39, 0.29) is 71.8 Å². The first-order valence-electron chi connectivity index (χ1n) is 34.7. The number of hydrogen-bond acceptors (Lipinski definition) is 9. The van der Waals surface area contributed by atoms with Gasteiger partial charge in [0.2, 0.25) is 0 Å². The van der Waals surface area contributed by atoms with Gasteiger partial charge in [0, 0.05) is 0 Å². The van der Waals surface area contributed by atoms with Gasteiger partial charge in [-0.15, -0.1) is 0 Å². The summed E-state index contributed by atoms with van der Waals surface area (Å²) in [6.45, 7) is 32.4. The fourth-order valence-electron chi connectivity index (χ4n) is 14.5. The van der Waals surface area contributed by atoms with Gasteiger partial charge in [-0.3, -0.25) is 19.2 Å². The summed E-state index contributed by atoms with van der Waals surface area (Å²) in [4.78, 5) is 49.2. The molecule has 488 valence electrons. The van der Waals surface area contributed by atoms with Crippen LogP contribution in [0.4, 0.5) is 0 Å². The van der Waals surface area contributed by atoms with E-state index in [0.717, 1.165) is 106 Å². The third kappa shape index (κ3) is 23.7. The van der Waals surface area contributed by atoms with E-state index in [9.17, 15) is 19.2 Å². The van der Waals surface area contributed by atoms with Crippen molar-refractivity contribution in [3.63, 3.8) is 0 Å². The van der Waals surface area contributed by atoms with E-state index in [4.69, 9.17) is 23.7 Å². The number of ether oxygens (including phenoxy) is 5. The number of carbonyl (C=O) groups excluding carboxylic acids is 4. The van der Waals surface area contributed by atoms with E-state index in [1.807, 2.05) is 69.2 Å². The largest absolute Gasteiger partial charge is 0.459 e. The third-order valence-corrected chi connectivity index (χ3v) is 22.3. The quantitative estimate of drug-likeness (QED) is 0.0684. The average Bonchev–Trinajstić information content (AvgIpc) is 4.32. The molecule has 0 aromatic heterocycles. The molecule has 83 heavy (non-hydrogen) atoms. The number of fused-ring (bicyclic) bond motifs is 9. The molecule has 0 saturated heterocycles. The van der Waals surface area contributed by atoms with Crippen molar-refractivity contribution in [3.8, 4) is 0 Å². The second-order valence-corrected chi connectivity index (χ2v) is 30.5. The molecule has 7 aliphatic carbocycles. The van der Waals surface area contributed by atoms with Crippen LogP contribution in [0.1, 0.15) is 363 Å². The number of esters is 4. The van der Waals surface area contributed by atoms with E-state index < -0.39 is 11.7 Å². The second kappa shape index (κ2) is 35.7. The minimum atomic E-state index is -0.415. The minimum absolute atomic E-state index is 0. The molecule has 7 rings (SSSR count). The maximum atomic E-state index is 12.4. The Bertz CT molecular complexity index is 1830. The van der Waals surface area contributed by atoms with Gasteiger partial charge in [-0.1, -0.05) is 146 Å². The molecule has 7 aliphatic rings. The van der Waals surface area contributed by atoms with Crippen LogP contribution in [0.3, 0.4) is 0 Å². The summed E-state index contributed by atoms with van der Waals surface area (Å²) in [6, 6.07) is 0. The lowest BCUT2D eigenvalue weighted by Crippen LogP contribution is -2.40. The highest BCUT2D eigenvalue weighted by atomic mass is 16.7. The van der Waals surface area contributed by atoms with Crippen LogP contribution in [0, 0.1) is 57.2 Å². The van der Waals surface area contributed by atoms with Crippen molar-refractivity contribution < 1.29 is 42.9 Å². The highest BCUT2D eigenvalue weighted by Crippen LogP contribution is 2.68. The molecule has 0 N–H and O–H groups in total. The molecule has 7 fully saturated rings. The second-order valence-electron chi connectivity index (χ2n) is 30.5. The Labute approximate surface area is 514 Å². The third-order valence-electron chi connectivity index (χ3n) is 22.3. The van der Waals surface area contributed by atoms with Gasteiger partial charge in [-0.2, -0.15) is 0 Å². The normalized spacial score (nSPS) is 27.6. The van der Waals surface area contributed by atoms with Crippen LogP contribution in [0.15, 0.2) is 0 Å². The van der Waals surface area contributed by atoms with Gasteiger partial charge < -0.3 is 23.7 Å².